The summed E-state index contributed by atoms with van der Waals surface area (Å²) >= 11 is 0. The van der Waals surface area contributed by atoms with E-state index in [1.165, 1.54) is 14.0 Å². The SMILES string of the molecule is CNC(C)(CCOc1cc(F)ccc1[N+](=O)[O-])C(=O)O. The zero-order chi connectivity index (χ0) is 15.3. The number of hydrogen-bond donors (Lipinski definition) is 2. The molecule has 0 saturated heterocycles. The first-order valence-electron chi connectivity index (χ1n) is 5.79. The molecule has 1 atom stereocenters. The molecular weight excluding hydrogens is 271 g/mol. The van der Waals surface area contributed by atoms with Gasteiger partial charge in [-0.05, 0) is 20.0 Å². The molecule has 110 valence electrons. The molecule has 0 radical (unpaired) electrons. The van der Waals surface area contributed by atoms with E-state index in [4.69, 9.17) is 9.84 Å². The normalized spacial score (nSPS) is 13.6. The van der Waals surface area contributed by atoms with Gasteiger partial charge in [0.1, 0.15) is 11.4 Å². The lowest BCUT2D eigenvalue weighted by atomic mass is 9.99. The van der Waals surface area contributed by atoms with Crippen molar-refractivity contribution in [3.05, 3.63) is 34.1 Å². The van der Waals surface area contributed by atoms with Crippen molar-refractivity contribution in [2.45, 2.75) is 18.9 Å². The molecule has 1 unspecified atom stereocenters. The Hall–Kier alpha value is -2.22. The van der Waals surface area contributed by atoms with Gasteiger partial charge in [0.15, 0.2) is 5.75 Å². The van der Waals surface area contributed by atoms with Crippen LogP contribution < -0.4 is 10.1 Å². The topological polar surface area (TPSA) is 102 Å². The second kappa shape index (κ2) is 6.29. The number of carboxylic acid groups (broad SMARTS) is 1. The number of nitro groups is 1. The van der Waals surface area contributed by atoms with Crippen LogP contribution in [0, 0.1) is 15.9 Å². The Morgan fingerprint density at radius 1 is 1.60 bits per heavy atom. The molecule has 1 rings (SSSR count). The number of likely N-dealkylation sites (N-methyl/N-ethyl adjacent to an activating group) is 1. The fourth-order valence-corrected chi connectivity index (χ4v) is 1.46. The molecule has 0 aliphatic carbocycles. The maximum absolute atomic E-state index is 13.1. The Morgan fingerprint density at radius 2 is 2.25 bits per heavy atom. The summed E-state index contributed by atoms with van der Waals surface area (Å²) in [7, 11) is 1.48. The van der Waals surface area contributed by atoms with Crippen LogP contribution in [0.3, 0.4) is 0 Å². The Balaban J connectivity index is 2.78. The lowest BCUT2D eigenvalue weighted by Crippen LogP contribution is -2.48. The van der Waals surface area contributed by atoms with E-state index < -0.39 is 22.2 Å². The number of nitro benzene ring substituents is 1. The predicted molar refractivity (Wildman–Crippen MR) is 68.3 cm³/mol. The number of halogens is 1. The second-order valence-corrected chi connectivity index (χ2v) is 4.35. The number of carbonyl (C=O) groups is 1. The molecule has 0 aliphatic heterocycles. The molecule has 8 heteroatoms. The third-order valence-electron chi connectivity index (χ3n) is 3.00. The number of aliphatic carboxylic acids is 1. The molecule has 2 N–H and O–H groups in total. The smallest absolute Gasteiger partial charge is 0.323 e. The standard InChI is InChI=1S/C12H15FN2O5/c1-12(14-2,11(16)17)5-6-20-10-7-8(13)3-4-9(10)15(18)19/h3-4,7,14H,5-6H2,1-2H3,(H,16,17). The van der Waals surface area contributed by atoms with Crippen molar-refractivity contribution >= 4 is 11.7 Å². The summed E-state index contributed by atoms with van der Waals surface area (Å²) in [6.07, 6.45) is 0.0620. The van der Waals surface area contributed by atoms with Gasteiger partial charge in [0, 0.05) is 18.6 Å². The van der Waals surface area contributed by atoms with Crippen LogP contribution in [-0.4, -0.2) is 35.2 Å². The summed E-state index contributed by atoms with van der Waals surface area (Å²) in [5.74, 6) is -1.96. The summed E-state index contributed by atoms with van der Waals surface area (Å²) in [6.45, 7) is 1.35. The predicted octanol–water partition coefficient (Wildman–Crippen LogP) is 1.57. The Labute approximate surface area is 114 Å². The van der Waals surface area contributed by atoms with E-state index in [0.29, 0.717) is 0 Å². The van der Waals surface area contributed by atoms with Crippen molar-refractivity contribution in [3.63, 3.8) is 0 Å². The molecule has 0 fully saturated rings. The van der Waals surface area contributed by atoms with Crippen LogP contribution in [-0.2, 0) is 4.79 Å². The van der Waals surface area contributed by atoms with Crippen molar-refractivity contribution in [2.24, 2.45) is 0 Å². The zero-order valence-corrected chi connectivity index (χ0v) is 11.1. The number of nitrogens with one attached hydrogen (secondary N) is 1. The van der Waals surface area contributed by atoms with Crippen molar-refractivity contribution in [2.75, 3.05) is 13.7 Å². The van der Waals surface area contributed by atoms with E-state index in [0.717, 1.165) is 18.2 Å². The first-order valence-corrected chi connectivity index (χ1v) is 5.79. The van der Waals surface area contributed by atoms with Gasteiger partial charge in [0.05, 0.1) is 11.5 Å². The van der Waals surface area contributed by atoms with Crippen LogP contribution in [0.25, 0.3) is 0 Å². The minimum absolute atomic E-state index is 0.0620. The highest BCUT2D eigenvalue weighted by Gasteiger charge is 2.31. The number of rotatable bonds is 7. The van der Waals surface area contributed by atoms with E-state index in [9.17, 15) is 19.3 Å². The first kappa shape index (κ1) is 15.8. The maximum Gasteiger partial charge on any atom is 0.323 e. The molecule has 0 aromatic heterocycles. The van der Waals surface area contributed by atoms with Gasteiger partial charge in [0.25, 0.3) is 0 Å². The van der Waals surface area contributed by atoms with E-state index in [1.807, 2.05) is 0 Å². The molecule has 0 spiro atoms. The van der Waals surface area contributed by atoms with Crippen LogP contribution in [0.2, 0.25) is 0 Å². The van der Waals surface area contributed by atoms with Gasteiger partial charge in [-0.1, -0.05) is 0 Å². The third-order valence-corrected chi connectivity index (χ3v) is 3.00. The third kappa shape index (κ3) is 3.64. The van der Waals surface area contributed by atoms with Crippen LogP contribution in [0.1, 0.15) is 13.3 Å². The number of hydrogen-bond acceptors (Lipinski definition) is 5. The van der Waals surface area contributed by atoms with Gasteiger partial charge >= 0.3 is 11.7 Å². The van der Waals surface area contributed by atoms with Crippen molar-refractivity contribution in [1.29, 1.82) is 0 Å². The minimum Gasteiger partial charge on any atom is -0.487 e. The highest BCUT2D eigenvalue weighted by atomic mass is 19.1. The molecule has 0 heterocycles. The van der Waals surface area contributed by atoms with E-state index in [-0.39, 0.29) is 24.5 Å². The fourth-order valence-electron chi connectivity index (χ4n) is 1.46. The van der Waals surface area contributed by atoms with E-state index in [1.54, 1.807) is 0 Å². The lowest BCUT2D eigenvalue weighted by molar-refractivity contribution is -0.385. The van der Waals surface area contributed by atoms with Crippen molar-refractivity contribution < 1.29 is 24.0 Å². The molecule has 7 nitrogen and oxygen atoms in total. The number of benzene rings is 1. The van der Waals surface area contributed by atoms with Gasteiger partial charge in [-0.25, -0.2) is 4.39 Å². The zero-order valence-electron chi connectivity index (χ0n) is 11.1. The summed E-state index contributed by atoms with van der Waals surface area (Å²) in [6, 6.07) is 2.86. The molecule has 0 saturated carbocycles. The van der Waals surface area contributed by atoms with Crippen molar-refractivity contribution in [1.82, 2.24) is 5.32 Å². The van der Waals surface area contributed by atoms with Crippen LogP contribution in [0.4, 0.5) is 10.1 Å². The van der Waals surface area contributed by atoms with Crippen LogP contribution in [0.5, 0.6) is 5.75 Å². The average Bonchev–Trinajstić information content (AvgIpc) is 2.38. The van der Waals surface area contributed by atoms with Crippen LogP contribution >= 0.6 is 0 Å². The maximum atomic E-state index is 13.1. The van der Waals surface area contributed by atoms with Gasteiger partial charge in [-0.2, -0.15) is 0 Å². The summed E-state index contributed by atoms with van der Waals surface area (Å²) in [5.41, 5.74) is -1.59. The molecule has 0 amide bonds. The first-order chi connectivity index (χ1) is 9.30. The Morgan fingerprint density at radius 3 is 2.75 bits per heavy atom. The van der Waals surface area contributed by atoms with Crippen molar-refractivity contribution in [3.8, 4) is 5.75 Å². The molecule has 20 heavy (non-hydrogen) atoms. The second-order valence-electron chi connectivity index (χ2n) is 4.35. The number of ether oxygens (including phenoxy) is 1. The van der Waals surface area contributed by atoms with E-state index in [2.05, 4.69) is 5.32 Å². The average molecular weight is 286 g/mol. The molecular formula is C12H15FN2O5. The van der Waals surface area contributed by atoms with E-state index >= 15 is 0 Å². The van der Waals surface area contributed by atoms with Gasteiger partial charge in [-0.15, -0.1) is 0 Å². The molecule has 1 aromatic rings. The largest absolute Gasteiger partial charge is 0.487 e. The Kier molecular flexibility index (Phi) is 4.98. The summed E-state index contributed by atoms with van der Waals surface area (Å²) in [5, 5.41) is 22.4. The van der Waals surface area contributed by atoms with Crippen LogP contribution in [0.15, 0.2) is 18.2 Å². The Bertz CT molecular complexity index is 523. The summed E-state index contributed by atoms with van der Waals surface area (Å²) in [4.78, 5) is 21.1. The highest BCUT2D eigenvalue weighted by Crippen LogP contribution is 2.27. The quantitative estimate of drug-likeness (QED) is 0.582. The lowest BCUT2D eigenvalue weighted by Gasteiger charge is -2.23. The molecule has 1 aromatic carbocycles. The monoisotopic (exact) mass is 286 g/mol. The molecule has 0 bridgehead atoms. The van der Waals surface area contributed by atoms with Gasteiger partial charge in [0.2, 0.25) is 0 Å². The van der Waals surface area contributed by atoms with Gasteiger partial charge < -0.3 is 15.2 Å². The molecule has 0 aliphatic rings. The van der Waals surface area contributed by atoms with Gasteiger partial charge in [-0.3, -0.25) is 14.9 Å². The minimum atomic E-state index is -1.22. The summed E-state index contributed by atoms with van der Waals surface area (Å²) < 4.78 is 18.2. The fraction of sp³-hybridized carbons (Fsp3) is 0.417. The highest BCUT2D eigenvalue weighted by molar-refractivity contribution is 5.78. The number of nitrogens with zero attached hydrogens (tertiary/aromatic N) is 1. The number of carboxylic acids is 1.